The predicted octanol–water partition coefficient (Wildman–Crippen LogP) is 3.39. The summed E-state index contributed by atoms with van der Waals surface area (Å²) in [6.45, 7) is 2.80. The zero-order chi connectivity index (χ0) is 11.6. The molecule has 1 heteroatoms. The molecule has 0 amide bonds. The number of benzene rings is 2. The maximum Gasteiger partial charge on any atom is 0.0178 e. The van der Waals surface area contributed by atoms with Crippen molar-refractivity contribution in [2.75, 3.05) is 0 Å². The van der Waals surface area contributed by atoms with Crippen LogP contribution in [-0.4, -0.2) is 0 Å². The molecule has 0 bridgehead atoms. The largest absolute Gasteiger partial charge is 0.326 e. The van der Waals surface area contributed by atoms with Crippen molar-refractivity contribution in [3.63, 3.8) is 0 Å². The number of nitrogens with two attached hydrogens (primary N) is 1. The van der Waals surface area contributed by atoms with Crippen LogP contribution in [0.15, 0.2) is 60.7 Å². The molecule has 2 rings (SSSR count). The highest BCUT2D eigenvalue weighted by Gasteiger charge is 1.80. The van der Waals surface area contributed by atoms with E-state index in [0.29, 0.717) is 6.54 Å². The van der Waals surface area contributed by atoms with Gasteiger partial charge in [-0.25, -0.2) is 0 Å². The first kappa shape index (κ1) is 12.5. The highest BCUT2D eigenvalue weighted by atomic mass is 14.5. The van der Waals surface area contributed by atoms with Crippen LogP contribution in [0.3, 0.4) is 0 Å². The first-order valence-electron chi connectivity index (χ1n) is 5.64. The van der Waals surface area contributed by atoms with Gasteiger partial charge in [-0.15, -0.1) is 0 Å². The molecule has 0 aliphatic rings. The molecule has 0 heterocycles. The third kappa shape index (κ3) is 4.76. The molecule has 0 radical (unpaired) electrons. The average Bonchev–Trinajstić information content (AvgIpc) is 2.41. The van der Waals surface area contributed by atoms with Gasteiger partial charge in [0, 0.05) is 6.54 Å². The van der Waals surface area contributed by atoms with Crippen LogP contribution in [0.1, 0.15) is 18.1 Å². The number of hydrogen-bond donors (Lipinski definition) is 1. The molecule has 2 aromatic carbocycles. The summed E-state index contributed by atoms with van der Waals surface area (Å²) < 4.78 is 0. The predicted molar refractivity (Wildman–Crippen MR) is 70.2 cm³/mol. The topological polar surface area (TPSA) is 26.0 Å². The molecular formula is C15H19N. The molecule has 0 unspecified atom stereocenters. The fourth-order valence-electron chi connectivity index (χ4n) is 1.33. The Morgan fingerprint density at radius 3 is 1.44 bits per heavy atom. The van der Waals surface area contributed by atoms with Crippen molar-refractivity contribution < 1.29 is 0 Å². The fraction of sp³-hybridized carbons (Fsp3) is 0.200. The average molecular weight is 213 g/mol. The Morgan fingerprint density at radius 2 is 1.19 bits per heavy atom. The fourth-order valence-corrected chi connectivity index (χ4v) is 1.33. The summed E-state index contributed by atoms with van der Waals surface area (Å²) in [5.74, 6) is 0. The minimum atomic E-state index is 0.640. The van der Waals surface area contributed by atoms with Crippen LogP contribution in [0.5, 0.6) is 0 Å². The molecule has 1 nitrogen and oxygen atoms in total. The van der Waals surface area contributed by atoms with Crippen molar-refractivity contribution in [2.24, 2.45) is 5.73 Å². The lowest BCUT2D eigenvalue weighted by Gasteiger charge is -1.90. The van der Waals surface area contributed by atoms with Crippen molar-refractivity contribution in [2.45, 2.75) is 19.9 Å². The quantitative estimate of drug-likeness (QED) is 0.813. The summed E-state index contributed by atoms with van der Waals surface area (Å²) in [5.41, 5.74) is 7.95. The summed E-state index contributed by atoms with van der Waals surface area (Å²) in [5, 5.41) is 0. The summed E-state index contributed by atoms with van der Waals surface area (Å²) >= 11 is 0. The van der Waals surface area contributed by atoms with Crippen LogP contribution in [-0.2, 0) is 13.0 Å². The standard InChI is InChI=1S/C8H10.C7H9N/c1-2-8-6-4-3-5-7-8;8-6-7-4-2-1-3-5-7/h3-7H,2H2,1H3;1-5H,6,8H2. The Morgan fingerprint density at radius 1 is 0.750 bits per heavy atom. The molecule has 0 aliphatic carbocycles. The van der Waals surface area contributed by atoms with Crippen molar-refractivity contribution in [1.29, 1.82) is 0 Å². The molecule has 16 heavy (non-hydrogen) atoms. The third-order valence-corrected chi connectivity index (χ3v) is 2.33. The van der Waals surface area contributed by atoms with Gasteiger partial charge >= 0.3 is 0 Å². The third-order valence-electron chi connectivity index (χ3n) is 2.33. The van der Waals surface area contributed by atoms with Crippen LogP contribution in [0.25, 0.3) is 0 Å². The minimum absolute atomic E-state index is 0.640. The first-order chi connectivity index (χ1) is 7.86. The number of hydrogen-bond acceptors (Lipinski definition) is 1. The van der Waals surface area contributed by atoms with Crippen molar-refractivity contribution in [3.05, 3.63) is 71.8 Å². The molecule has 2 aromatic rings. The van der Waals surface area contributed by atoms with Gasteiger partial charge in [0.15, 0.2) is 0 Å². The van der Waals surface area contributed by atoms with Gasteiger partial charge < -0.3 is 5.73 Å². The Hall–Kier alpha value is -1.60. The van der Waals surface area contributed by atoms with E-state index >= 15 is 0 Å². The van der Waals surface area contributed by atoms with Crippen molar-refractivity contribution in [3.8, 4) is 0 Å². The summed E-state index contributed by atoms with van der Waals surface area (Å²) in [7, 11) is 0. The van der Waals surface area contributed by atoms with Crippen LogP contribution >= 0.6 is 0 Å². The second kappa shape index (κ2) is 7.66. The minimum Gasteiger partial charge on any atom is -0.326 e. The lowest BCUT2D eigenvalue weighted by Crippen LogP contribution is -1.94. The summed E-state index contributed by atoms with van der Waals surface area (Å²) in [6.07, 6.45) is 1.14. The Bertz CT molecular complexity index is 328. The van der Waals surface area contributed by atoms with Gasteiger partial charge in [0.2, 0.25) is 0 Å². The van der Waals surface area contributed by atoms with Gasteiger partial charge in [0.1, 0.15) is 0 Å². The maximum atomic E-state index is 5.35. The lowest BCUT2D eigenvalue weighted by molar-refractivity contribution is 1.07. The van der Waals surface area contributed by atoms with E-state index < -0.39 is 0 Å². The Balaban J connectivity index is 0.000000160. The maximum absolute atomic E-state index is 5.35. The zero-order valence-electron chi connectivity index (χ0n) is 9.77. The van der Waals surface area contributed by atoms with Crippen molar-refractivity contribution in [1.82, 2.24) is 0 Å². The molecule has 0 saturated carbocycles. The van der Waals surface area contributed by atoms with Gasteiger partial charge in [-0.1, -0.05) is 67.6 Å². The highest BCUT2D eigenvalue weighted by molar-refractivity contribution is 5.14. The van der Waals surface area contributed by atoms with Crippen LogP contribution in [0, 0.1) is 0 Å². The molecule has 84 valence electrons. The second-order valence-electron chi connectivity index (χ2n) is 3.53. The van der Waals surface area contributed by atoms with Gasteiger partial charge in [0.05, 0.1) is 0 Å². The lowest BCUT2D eigenvalue weighted by atomic mass is 10.2. The first-order valence-corrected chi connectivity index (χ1v) is 5.64. The van der Waals surface area contributed by atoms with Gasteiger partial charge in [-0.3, -0.25) is 0 Å². The molecule has 0 fully saturated rings. The van der Waals surface area contributed by atoms with E-state index in [1.54, 1.807) is 0 Å². The van der Waals surface area contributed by atoms with E-state index in [2.05, 4.69) is 31.2 Å². The van der Waals surface area contributed by atoms with E-state index in [4.69, 9.17) is 5.73 Å². The smallest absolute Gasteiger partial charge is 0.0178 e. The molecular weight excluding hydrogens is 194 g/mol. The SMILES string of the molecule is CCc1ccccc1.NCc1ccccc1. The van der Waals surface area contributed by atoms with E-state index in [0.717, 1.165) is 6.42 Å². The Labute approximate surface area is 97.9 Å². The molecule has 0 aliphatic heterocycles. The molecule has 0 spiro atoms. The van der Waals surface area contributed by atoms with Gasteiger partial charge in [0.25, 0.3) is 0 Å². The molecule has 0 saturated heterocycles. The van der Waals surface area contributed by atoms with Crippen LogP contribution < -0.4 is 5.73 Å². The van der Waals surface area contributed by atoms with Crippen LogP contribution in [0.4, 0.5) is 0 Å². The van der Waals surface area contributed by atoms with E-state index in [1.807, 2.05) is 36.4 Å². The normalized spacial score (nSPS) is 9.12. The van der Waals surface area contributed by atoms with E-state index in [-0.39, 0.29) is 0 Å². The molecule has 2 N–H and O–H groups in total. The Kier molecular flexibility index (Phi) is 5.97. The van der Waals surface area contributed by atoms with E-state index in [1.165, 1.54) is 11.1 Å². The molecule has 0 atom stereocenters. The summed E-state index contributed by atoms with van der Waals surface area (Å²) in [6, 6.07) is 20.4. The summed E-state index contributed by atoms with van der Waals surface area (Å²) in [4.78, 5) is 0. The van der Waals surface area contributed by atoms with E-state index in [9.17, 15) is 0 Å². The molecule has 0 aromatic heterocycles. The number of aryl methyl sites for hydroxylation is 1. The van der Waals surface area contributed by atoms with Gasteiger partial charge in [-0.2, -0.15) is 0 Å². The van der Waals surface area contributed by atoms with Crippen molar-refractivity contribution >= 4 is 0 Å². The highest BCUT2D eigenvalue weighted by Crippen LogP contribution is 1.96. The zero-order valence-corrected chi connectivity index (χ0v) is 9.77. The van der Waals surface area contributed by atoms with Crippen LogP contribution in [0.2, 0.25) is 0 Å². The second-order valence-corrected chi connectivity index (χ2v) is 3.53. The number of rotatable bonds is 2. The van der Waals surface area contributed by atoms with Gasteiger partial charge in [-0.05, 0) is 17.5 Å². The monoisotopic (exact) mass is 213 g/mol.